The first-order valence-electron chi connectivity index (χ1n) is 11.1. The molecule has 1 saturated carbocycles. The van der Waals surface area contributed by atoms with Crippen LogP contribution < -0.4 is 14.8 Å². The van der Waals surface area contributed by atoms with Crippen LogP contribution in [0.5, 0.6) is 11.5 Å². The first kappa shape index (κ1) is 23.9. The van der Waals surface area contributed by atoms with Crippen molar-refractivity contribution in [3.05, 3.63) is 59.1 Å². The normalized spacial score (nSPS) is 15.0. The first-order chi connectivity index (χ1) is 15.5. The van der Waals surface area contributed by atoms with Gasteiger partial charge >= 0.3 is 0 Å². The second-order valence-corrected chi connectivity index (χ2v) is 8.57. The molecule has 1 fully saturated rings. The summed E-state index contributed by atoms with van der Waals surface area (Å²) in [6.45, 7) is 1.90. The van der Waals surface area contributed by atoms with Crippen LogP contribution in [0.25, 0.3) is 0 Å². The van der Waals surface area contributed by atoms with E-state index in [1.54, 1.807) is 43.2 Å². The second-order valence-electron chi connectivity index (χ2n) is 8.13. The van der Waals surface area contributed by atoms with Gasteiger partial charge in [-0.2, -0.15) is 0 Å². The van der Waals surface area contributed by atoms with Crippen molar-refractivity contribution in [2.75, 3.05) is 13.7 Å². The molecular formula is C25H31ClN2O4. The molecule has 2 aromatic carbocycles. The zero-order valence-electron chi connectivity index (χ0n) is 18.7. The minimum atomic E-state index is -0.625. The number of rotatable bonds is 9. The molecule has 2 aromatic rings. The zero-order chi connectivity index (χ0) is 22.9. The summed E-state index contributed by atoms with van der Waals surface area (Å²) in [5.74, 6) is 0.888. The molecule has 0 heterocycles. The van der Waals surface area contributed by atoms with E-state index >= 15 is 0 Å². The molecule has 6 nitrogen and oxygen atoms in total. The number of nitrogens with zero attached hydrogens (tertiary/aromatic N) is 1. The second kappa shape index (κ2) is 11.8. The fraction of sp³-hybridized carbons (Fsp3) is 0.440. The number of methoxy groups -OCH3 is 1. The third-order valence-corrected chi connectivity index (χ3v) is 6.06. The minimum Gasteiger partial charge on any atom is -0.497 e. The molecule has 32 heavy (non-hydrogen) atoms. The number of nitrogens with one attached hydrogen (secondary N) is 1. The van der Waals surface area contributed by atoms with Gasteiger partial charge in [0.1, 0.15) is 17.5 Å². The van der Waals surface area contributed by atoms with E-state index in [-0.39, 0.29) is 24.5 Å². The summed E-state index contributed by atoms with van der Waals surface area (Å²) in [7, 11) is 1.61. The molecule has 1 atom stereocenters. The molecule has 0 radical (unpaired) electrons. The van der Waals surface area contributed by atoms with Crippen LogP contribution in [-0.2, 0) is 16.1 Å². The molecule has 0 saturated heterocycles. The number of amides is 2. The van der Waals surface area contributed by atoms with Crippen molar-refractivity contribution in [1.82, 2.24) is 10.2 Å². The van der Waals surface area contributed by atoms with Gasteiger partial charge in [0.25, 0.3) is 5.91 Å². The van der Waals surface area contributed by atoms with E-state index < -0.39 is 6.04 Å². The van der Waals surface area contributed by atoms with Gasteiger partial charge in [0.15, 0.2) is 6.61 Å². The van der Waals surface area contributed by atoms with Crippen LogP contribution in [0.2, 0.25) is 5.02 Å². The van der Waals surface area contributed by atoms with Crippen LogP contribution in [0.1, 0.15) is 44.6 Å². The molecule has 0 aromatic heterocycles. The van der Waals surface area contributed by atoms with Gasteiger partial charge < -0.3 is 19.7 Å². The highest BCUT2D eigenvalue weighted by Gasteiger charge is 2.28. The van der Waals surface area contributed by atoms with Crippen LogP contribution in [0.3, 0.4) is 0 Å². The summed E-state index contributed by atoms with van der Waals surface area (Å²) in [6.07, 6.45) is 5.45. The van der Waals surface area contributed by atoms with Crippen molar-refractivity contribution in [3.63, 3.8) is 0 Å². The van der Waals surface area contributed by atoms with Crippen LogP contribution in [0.15, 0.2) is 48.5 Å². The largest absolute Gasteiger partial charge is 0.497 e. The molecule has 1 N–H and O–H groups in total. The van der Waals surface area contributed by atoms with Crippen molar-refractivity contribution in [3.8, 4) is 11.5 Å². The lowest BCUT2D eigenvalue weighted by atomic mass is 9.95. The SMILES string of the molecule is COc1ccc(CN(C(=O)COc2ccc(Cl)cc2)[C@H](C)C(=O)NC2CCCCC2)cc1. The van der Waals surface area contributed by atoms with Crippen molar-refractivity contribution in [1.29, 1.82) is 0 Å². The van der Waals surface area contributed by atoms with Crippen molar-refractivity contribution in [2.24, 2.45) is 0 Å². The number of ether oxygens (including phenoxy) is 2. The van der Waals surface area contributed by atoms with Crippen LogP contribution in [0.4, 0.5) is 0 Å². The average Bonchev–Trinajstić information content (AvgIpc) is 2.82. The topological polar surface area (TPSA) is 67.9 Å². The molecule has 0 spiro atoms. The molecule has 0 unspecified atom stereocenters. The monoisotopic (exact) mass is 458 g/mol. The predicted octanol–water partition coefficient (Wildman–Crippen LogP) is 4.59. The van der Waals surface area contributed by atoms with E-state index in [0.717, 1.165) is 37.0 Å². The molecule has 3 rings (SSSR count). The Hall–Kier alpha value is -2.73. The van der Waals surface area contributed by atoms with Crippen LogP contribution in [-0.4, -0.2) is 42.5 Å². The Labute approximate surface area is 194 Å². The zero-order valence-corrected chi connectivity index (χ0v) is 19.4. The van der Waals surface area contributed by atoms with E-state index in [1.165, 1.54) is 6.42 Å². The molecule has 172 valence electrons. The summed E-state index contributed by atoms with van der Waals surface area (Å²) >= 11 is 5.91. The number of hydrogen-bond acceptors (Lipinski definition) is 4. The Kier molecular flexibility index (Phi) is 8.80. The third-order valence-electron chi connectivity index (χ3n) is 5.81. The Morgan fingerprint density at radius 2 is 1.66 bits per heavy atom. The van der Waals surface area contributed by atoms with Crippen LogP contribution in [0, 0.1) is 0 Å². The van der Waals surface area contributed by atoms with E-state index in [9.17, 15) is 9.59 Å². The third kappa shape index (κ3) is 6.89. The van der Waals surface area contributed by atoms with Crippen LogP contribution >= 0.6 is 11.6 Å². The van der Waals surface area contributed by atoms with Gasteiger partial charge in [-0.05, 0) is 61.7 Å². The van der Waals surface area contributed by atoms with Crippen molar-refractivity contribution in [2.45, 2.75) is 57.7 Å². The summed E-state index contributed by atoms with van der Waals surface area (Å²) in [4.78, 5) is 27.7. The standard InChI is InChI=1S/C25H31ClN2O4/c1-18(25(30)27-21-6-4-3-5-7-21)28(16-19-8-12-22(31-2)13-9-19)24(29)17-32-23-14-10-20(26)11-15-23/h8-15,18,21H,3-7,16-17H2,1-2H3,(H,27,30)/t18-/m1/s1. The van der Waals surface area contributed by atoms with E-state index in [4.69, 9.17) is 21.1 Å². The molecule has 1 aliphatic carbocycles. The fourth-order valence-corrected chi connectivity index (χ4v) is 3.96. The lowest BCUT2D eigenvalue weighted by Gasteiger charge is -2.31. The Morgan fingerprint density at radius 3 is 2.28 bits per heavy atom. The van der Waals surface area contributed by atoms with Gasteiger partial charge in [0, 0.05) is 17.6 Å². The smallest absolute Gasteiger partial charge is 0.261 e. The molecule has 1 aliphatic rings. The minimum absolute atomic E-state index is 0.134. The van der Waals surface area contributed by atoms with Gasteiger partial charge in [0.05, 0.1) is 7.11 Å². The number of halogens is 1. The number of hydrogen-bond donors (Lipinski definition) is 1. The average molecular weight is 459 g/mol. The van der Waals surface area contributed by atoms with Gasteiger partial charge in [-0.25, -0.2) is 0 Å². The maximum atomic E-state index is 13.1. The lowest BCUT2D eigenvalue weighted by Crippen LogP contribution is -2.51. The molecule has 7 heteroatoms. The van der Waals surface area contributed by atoms with Gasteiger partial charge in [0.2, 0.25) is 5.91 Å². The quantitative estimate of drug-likeness (QED) is 0.596. The van der Waals surface area contributed by atoms with Gasteiger partial charge in [-0.15, -0.1) is 0 Å². The van der Waals surface area contributed by atoms with Gasteiger partial charge in [-0.1, -0.05) is 43.0 Å². The molecule has 0 bridgehead atoms. The van der Waals surface area contributed by atoms with E-state index in [1.807, 2.05) is 24.3 Å². The van der Waals surface area contributed by atoms with Crippen molar-refractivity contribution >= 4 is 23.4 Å². The molecule has 0 aliphatic heterocycles. The number of carbonyl (C=O) groups excluding carboxylic acids is 2. The molecule has 2 amide bonds. The molecular weight excluding hydrogens is 428 g/mol. The first-order valence-corrected chi connectivity index (χ1v) is 11.4. The maximum absolute atomic E-state index is 13.1. The van der Waals surface area contributed by atoms with E-state index in [0.29, 0.717) is 17.3 Å². The van der Waals surface area contributed by atoms with Gasteiger partial charge in [-0.3, -0.25) is 9.59 Å². The summed E-state index contributed by atoms with van der Waals surface area (Å²) < 4.78 is 10.9. The number of carbonyl (C=O) groups is 2. The Balaban J connectivity index is 1.69. The highest BCUT2D eigenvalue weighted by Crippen LogP contribution is 2.20. The fourth-order valence-electron chi connectivity index (χ4n) is 3.84. The van der Waals surface area contributed by atoms with E-state index in [2.05, 4.69) is 5.32 Å². The Morgan fingerprint density at radius 1 is 1.03 bits per heavy atom. The maximum Gasteiger partial charge on any atom is 0.261 e. The number of benzene rings is 2. The van der Waals surface area contributed by atoms with Crippen molar-refractivity contribution < 1.29 is 19.1 Å². The summed E-state index contributed by atoms with van der Waals surface area (Å²) in [5, 5.41) is 3.72. The highest BCUT2D eigenvalue weighted by atomic mass is 35.5. The summed E-state index contributed by atoms with van der Waals surface area (Å²) in [6, 6.07) is 13.9. The summed E-state index contributed by atoms with van der Waals surface area (Å²) in [5.41, 5.74) is 0.906. The predicted molar refractivity (Wildman–Crippen MR) is 125 cm³/mol. The highest BCUT2D eigenvalue weighted by molar-refractivity contribution is 6.30. The lowest BCUT2D eigenvalue weighted by molar-refractivity contribution is -0.142. The Bertz CT molecular complexity index is 880.